The maximum atomic E-state index is 2.43. The molecule has 2 atom stereocenters. The molecule has 0 radical (unpaired) electrons. The fourth-order valence-electron chi connectivity index (χ4n) is 3.76. The molecule has 23 heavy (non-hydrogen) atoms. The normalized spacial score (nSPS) is 14.3. The van der Waals surface area contributed by atoms with Gasteiger partial charge in [-0.15, -0.1) is 0 Å². The van der Waals surface area contributed by atoms with Crippen LogP contribution in [0.25, 0.3) is 0 Å². The summed E-state index contributed by atoms with van der Waals surface area (Å²) in [4.78, 5) is 0. The summed E-state index contributed by atoms with van der Waals surface area (Å²) in [5.74, 6) is 2.86. The van der Waals surface area contributed by atoms with Crippen molar-refractivity contribution in [3.8, 4) is 0 Å². The molecule has 0 fully saturated rings. The molecule has 0 spiro atoms. The first-order valence-corrected chi connectivity index (χ1v) is 11.1. The minimum atomic E-state index is 0.884. The molecule has 140 valence electrons. The van der Waals surface area contributed by atoms with E-state index in [-0.39, 0.29) is 0 Å². The second-order valence-corrected chi connectivity index (χ2v) is 8.57. The van der Waals surface area contributed by atoms with Crippen molar-refractivity contribution in [2.24, 2.45) is 17.8 Å². The van der Waals surface area contributed by atoms with E-state index >= 15 is 0 Å². The van der Waals surface area contributed by atoms with Crippen molar-refractivity contribution in [1.29, 1.82) is 0 Å². The van der Waals surface area contributed by atoms with Gasteiger partial charge in [0.1, 0.15) is 0 Å². The van der Waals surface area contributed by atoms with Crippen LogP contribution < -0.4 is 0 Å². The molecule has 0 aliphatic rings. The molecule has 0 aromatic carbocycles. The summed E-state index contributed by atoms with van der Waals surface area (Å²) in [5.41, 5.74) is 0. The number of hydrogen-bond donors (Lipinski definition) is 0. The van der Waals surface area contributed by atoms with E-state index in [1.807, 2.05) is 0 Å². The minimum Gasteiger partial charge on any atom is -0.0654 e. The van der Waals surface area contributed by atoms with Gasteiger partial charge in [0.2, 0.25) is 0 Å². The van der Waals surface area contributed by atoms with E-state index in [4.69, 9.17) is 0 Å². The Hall–Kier alpha value is 0. The standard InChI is InChI=1S/C23H48/c1-6-8-17-23(20-19-21(3)4)18-14-12-10-9-11-13-16-22(5)15-7-2/h21-23H,6-20H2,1-5H3. The van der Waals surface area contributed by atoms with Crippen LogP contribution in [0.15, 0.2) is 0 Å². The Labute approximate surface area is 149 Å². The molecular formula is C23H48. The van der Waals surface area contributed by atoms with Crippen molar-refractivity contribution in [3.05, 3.63) is 0 Å². The molecule has 0 aliphatic carbocycles. The summed E-state index contributed by atoms with van der Waals surface area (Å²) >= 11 is 0. The number of rotatable bonds is 17. The van der Waals surface area contributed by atoms with E-state index < -0.39 is 0 Å². The molecule has 0 heterocycles. The van der Waals surface area contributed by atoms with E-state index in [1.165, 1.54) is 96.3 Å². The summed E-state index contributed by atoms with van der Waals surface area (Å²) in [6.07, 6.45) is 21.8. The second-order valence-electron chi connectivity index (χ2n) is 8.57. The average Bonchev–Trinajstić information content (AvgIpc) is 2.51. The molecule has 0 bridgehead atoms. The first-order chi connectivity index (χ1) is 11.1. The zero-order valence-corrected chi connectivity index (χ0v) is 17.3. The first-order valence-electron chi connectivity index (χ1n) is 11.1. The highest BCUT2D eigenvalue weighted by atomic mass is 14.1. The fourth-order valence-corrected chi connectivity index (χ4v) is 3.76. The smallest absolute Gasteiger partial charge is 0.0414 e. The molecule has 0 aliphatic heterocycles. The Balaban J connectivity index is 3.53. The van der Waals surface area contributed by atoms with Gasteiger partial charge >= 0.3 is 0 Å². The molecule has 0 amide bonds. The van der Waals surface area contributed by atoms with Crippen LogP contribution in [0.2, 0.25) is 0 Å². The molecule has 2 unspecified atom stereocenters. The van der Waals surface area contributed by atoms with Gasteiger partial charge in [0.05, 0.1) is 0 Å². The molecule has 0 rings (SSSR count). The maximum Gasteiger partial charge on any atom is -0.0414 e. The van der Waals surface area contributed by atoms with Crippen LogP contribution in [0.3, 0.4) is 0 Å². The largest absolute Gasteiger partial charge is 0.0654 e. The van der Waals surface area contributed by atoms with Gasteiger partial charge in [0.15, 0.2) is 0 Å². The van der Waals surface area contributed by atoms with Gasteiger partial charge < -0.3 is 0 Å². The van der Waals surface area contributed by atoms with Crippen molar-refractivity contribution < 1.29 is 0 Å². The highest BCUT2D eigenvalue weighted by Gasteiger charge is 2.09. The summed E-state index contributed by atoms with van der Waals surface area (Å²) in [5, 5.41) is 0. The third-order valence-electron chi connectivity index (χ3n) is 5.46. The average molecular weight is 325 g/mol. The van der Waals surface area contributed by atoms with Crippen LogP contribution >= 0.6 is 0 Å². The topological polar surface area (TPSA) is 0 Å². The number of unbranched alkanes of at least 4 members (excludes halogenated alkanes) is 6. The summed E-state index contributed by atoms with van der Waals surface area (Å²) in [7, 11) is 0. The zero-order chi connectivity index (χ0) is 17.3. The molecular weight excluding hydrogens is 276 g/mol. The molecule has 0 saturated carbocycles. The van der Waals surface area contributed by atoms with E-state index in [0.717, 1.165) is 17.8 Å². The quantitative estimate of drug-likeness (QED) is 0.234. The van der Waals surface area contributed by atoms with Crippen molar-refractivity contribution in [3.63, 3.8) is 0 Å². The van der Waals surface area contributed by atoms with Crippen molar-refractivity contribution >= 4 is 0 Å². The van der Waals surface area contributed by atoms with Crippen LogP contribution in [0.4, 0.5) is 0 Å². The van der Waals surface area contributed by atoms with Gasteiger partial charge in [-0.2, -0.15) is 0 Å². The predicted molar refractivity (Wildman–Crippen MR) is 108 cm³/mol. The summed E-state index contributed by atoms with van der Waals surface area (Å²) in [6.45, 7) is 11.8. The van der Waals surface area contributed by atoms with Crippen LogP contribution in [0.1, 0.15) is 131 Å². The lowest BCUT2D eigenvalue weighted by molar-refractivity contribution is 0.355. The van der Waals surface area contributed by atoms with Crippen molar-refractivity contribution in [2.45, 2.75) is 131 Å². The molecule has 0 aromatic rings. The van der Waals surface area contributed by atoms with Gasteiger partial charge in [0, 0.05) is 0 Å². The lowest BCUT2D eigenvalue weighted by atomic mass is 9.89. The van der Waals surface area contributed by atoms with E-state index in [9.17, 15) is 0 Å². The Morgan fingerprint density at radius 1 is 0.478 bits per heavy atom. The molecule has 0 heteroatoms. The predicted octanol–water partition coefficient (Wildman–Crippen LogP) is 8.79. The van der Waals surface area contributed by atoms with Crippen LogP contribution in [0.5, 0.6) is 0 Å². The Morgan fingerprint density at radius 2 is 1.04 bits per heavy atom. The summed E-state index contributed by atoms with van der Waals surface area (Å²) < 4.78 is 0. The highest BCUT2D eigenvalue weighted by Crippen LogP contribution is 2.24. The summed E-state index contributed by atoms with van der Waals surface area (Å²) in [6, 6.07) is 0. The van der Waals surface area contributed by atoms with Gasteiger partial charge in [0.25, 0.3) is 0 Å². The Morgan fingerprint density at radius 3 is 1.61 bits per heavy atom. The van der Waals surface area contributed by atoms with Crippen LogP contribution in [-0.4, -0.2) is 0 Å². The van der Waals surface area contributed by atoms with Crippen LogP contribution in [0, 0.1) is 17.8 Å². The van der Waals surface area contributed by atoms with E-state index in [1.54, 1.807) is 0 Å². The van der Waals surface area contributed by atoms with E-state index in [2.05, 4.69) is 34.6 Å². The van der Waals surface area contributed by atoms with Gasteiger partial charge in [-0.3, -0.25) is 0 Å². The molecule has 0 aromatic heterocycles. The molecule has 0 saturated heterocycles. The van der Waals surface area contributed by atoms with Crippen LogP contribution in [-0.2, 0) is 0 Å². The van der Waals surface area contributed by atoms with Gasteiger partial charge in [-0.1, -0.05) is 131 Å². The monoisotopic (exact) mass is 324 g/mol. The molecule has 0 N–H and O–H groups in total. The third-order valence-corrected chi connectivity index (χ3v) is 5.46. The second kappa shape index (κ2) is 16.8. The lowest BCUT2D eigenvalue weighted by Gasteiger charge is -2.17. The Bertz CT molecular complexity index is 218. The van der Waals surface area contributed by atoms with Crippen molar-refractivity contribution in [1.82, 2.24) is 0 Å². The lowest BCUT2D eigenvalue weighted by Crippen LogP contribution is -2.03. The molecule has 0 nitrogen and oxygen atoms in total. The van der Waals surface area contributed by atoms with Crippen molar-refractivity contribution in [2.75, 3.05) is 0 Å². The minimum absolute atomic E-state index is 0.884. The fraction of sp³-hybridized carbons (Fsp3) is 1.00. The maximum absolute atomic E-state index is 2.43. The Kier molecular flexibility index (Phi) is 16.8. The zero-order valence-electron chi connectivity index (χ0n) is 17.3. The van der Waals surface area contributed by atoms with E-state index in [0.29, 0.717) is 0 Å². The van der Waals surface area contributed by atoms with Gasteiger partial charge in [-0.05, 0) is 17.8 Å². The number of hydrogen-bond acceptors (Lipinski definition) is 0. The first kappa shape index (κ1) is 23.0. The van der Waals surface area contributed by atoms with Gasteiger partial charge in [-0.25, -0.2) is 0 Å². The SMILES string of the molecule is CCCCC(CCCCCCCCC(C)CCC)CCC(C)C. The highest BCUT2D eigenvalue weighted by molar-refractivity contribution is 4.62. The third kappa shape index (κ3) is 16.6.